The first-order chi connectivity index (χ1) is 15.4. The van der Waals surface area contributed by atoms with E-state index >= 15 is 0 Å². The van der Waals surface area contributed by atoms with Crippen molar-refractivity contribution in [2.24, 2.45) is 0 Å². The molecule has 2 N–H and O–H groups in total. The molecular weight excluding hydrogens is 406 g/mol. The quantitative estimate of drug-likeness (QED) is 0.237. The van der Waals surface area contributed by atoms with Crippen LogP contribution in [0.1, 0.15) is 24.5 Å². The van der Waals surface area contributed by atoms with Crippen molar-refractivity contribution in [1.29, 1.82) is 0 Å². The van der Waals surface area contributed by atoms with Gasteiger partial charge in [0.2, 0.25) is 5.91 Å². The van der Waals surface area contributed by atoms with Gasteiger partial charge in [-0.15, -0.1) is 0 Å². The summed E-state index contributed by atoms with van der Waals surface area (Å²) in [4.78, 5) is 28.6. The van der Waals surface area contributed by atoms with Crippen LogP contribution in [0.5, 0.6) is 5.75 Å². The molecule has 7 nitrogen and oxygen atoms in total. The highest BCUT2D eigenvalue weighted by molar-refractivity contribution is 5.93. The van der Waals surface area contributed by atoms with Crippen LogP contribution in [-0.4, -0.2) is 62.1 Å². The molecule has 0 atom stereocenters. The summed E-state index contributed by atoms with van der Waals surface area (Å²) in [6, 6.07) is 14.7. The Balaban J connectivity index is 2.13. The standard InChI is InChI=1S/C25H33N3O4/c1-4-31-25(30)19-28(24(29)15-12-20-10-13-22(26)14-11-20)18-21-8-5-6-9-23(21)32-17-7-16-27(2)3/h5-6,8-15H,4,7,16-19,26H2,1-3H3. The van der Waals surface area contributed by atoms with Gasteiger partial charge in [0, 0.05) is 23.9 Å². The molecule has 2 aromatic rings. The summed E-state index contributed by atoms with van der Waals surface area (Å²) in [6.07, 6.45) is 4.03. The number of nitrogen functional groups attached to an aromatic ring is 1. The highest BCUT2D eigenvalue weighted by Crippen LogP contribution is 2.21. The minimum Gasteiger partial charge on any atom is -0.493 e. The normalized spacial score (nSPS) is 11.0. The first-order valence-corrected chi connectivity index (χ1v) is 10.7. The molecule has 32 heavy (non-hydrogen) atoms. The van der Waals surface area contributed by atoms with Crippen LogP contribution < -0.4 is 10.5 Å². The molecule has 0 aromatic heterocycles. The van der Waals surface area contributed by atoms with Crippen LogP contribution in [0.15, 0.2) is 54.6 Å². The van der Waals surface area contributed by atoms with Gasteiger partial charge >= 0.3 is 5.97 Å². The molecule has 172 valence electrons. The molecule has 0 saturated heterocycles. The Hall–Kier alpha value is -3.32. The predicted octanol–water partition coefficient (Wildman–Crippen LogP) is 3.20. The lowest BCUT2D eigenvalue weighted by atomic mass is 10.1. The molecular formula is C25H33N3O4. The lowest BCUT2D eigenvalue weighted by Gasteiger charge is -2.22. The van der Waals surface area contributed by atoms with Crippen molar-refractivity contribution >= 4 is 23.6 Å². The fourth-order valence-electron chi connectivity index (χ4n) is 3.00. The summed E-state index contributed by atoms with van der Waals surface area (Å²) < 4.78 is 11.0. The topological polar surface area (TPSA) is 85.1 Å². The number of para-hydroxylation sites is 1. The second-order valence-electron chi connectivity index (χ2n) is 7.61. The average molecular weight is 440 g/mol. The van der Waals surface area contributed by atoms with Gasteiger partial charge in [-0.1, -0.05) is 30.3 Å². The van der Waals surface area contributed by atoms with E-state index in [1.54, 1.807) is 25.1 Å². The number of amides is 1. The van der Waals surface area contributed by atoms with Gasteiger partial charge in [-0.2, -0.15) is 0 Å². The lowest BCUT2D eigenvalue weighted by Crippen LogP contribution is -2.35. The minimum absolute atomic E-state index is 0.145. The van der Waals surface area contributed by atoms with Gasteiger partial charge in [-0.05, 0) is 57.3 Å². The summed E-state index contributed by atoms with van der Waals surface area (Å²) in [5.74, 6) is -0.0427. The summed E-state index contributed by atoms with van der Waals surface area (Å²) in [6.45, 7) is 3.57. The fraction of sp³-hybridized carbons (Fsp3) is 0.360. The number of nitrogens with zero attached hydrogens (tertiary/aromatic N) is 2. The van der Waals surface area contributed by atoms with E-state index in [0.29, 0.717) is 18.0 Å². The molecule has 1 amide bonds. The first kappa shape index (κ1) is 24.9. The second kappa shape index (κ2) is 13.2. The molecule has 0 unspecified atom stereocenters. The van der Waals surface area contributed by atoms with Crippen molar-refractivity contribution in [3.05, 3.63) is 65.7 Å². The van der Waals surface area contributed by atoms with Crippen molar-refractivity contribution in [3.63, 3.8) is 0 Å². The number of hydrogen-bond donors (Lipinski definition) is 1. The molecule has 0 bridgehead atoms. The Morgan fingerprint density at radius 1 is 1.06 bits per heavy atom. The Labute approximate surface area is 190 Å². The number of carbonyl (C=O) groups is 2. The van der Waals surface area contributed by atoms with Crippen molar-refractivity contribution in [3.8, 4) is 5.75 Å². The molecule has 0 radical (unpaired) electrons. The van der Waals surface area contributed by atoms with E-state index < -0.39 is 5.97 Å². The van der Waals surface area contributed by atoms with E-state index in [1.807, 2.05) is 50.5 Å². The van der Waals surface area contributed by atoms with E-state index in [9.17, 15) is 9.59 Å². The van der Waals surface area contributed by atoms with Gasteiger partial charge in [0.15, 0.2) is 0 Å². The molecule has 0 aliphatic carbocycles. The number of esters is 1. The Kier molecular flexibility index (Phi) is 10.3. The zero-order valence-electron chi connectivity index (χ0n) is 19.1. The fourth-order valence-corrected chi connectivity index (χ4v) is 3.00. The van der Waals surface area contributed by atoms with E-state index in [0.717, 1.165) is 24.1 Å². The number of nitrogens with two attached hydrogens (primary N) is 1. The molecule has 2 rings (SSSR count). The maximum Gasteiger partial charge on any atom is 0.325 e. The van der Waals surface area contributed by atoms with Crippen LogP contribution in [0.3, 0.4) is 0 Å². The molecule has 0 aliphatic heterocycles. The highest BCUT2D eigenvalue weighted by Gasteiger charge is 2.18. The maximum absolute atomic E-state index is 12.9. The monoisotopic (exact) mass is 439 g/mol. The Bertz CT molecular complexity index is 894. The van der Waals surface area contributed by atoms with Crippen molar-refractivity contribution in [2.45, 2.75) is 19.9 Å². The molecule has 0 fully saturated rings. The van der Waals surface area contributed by atoms with E-state index in [1.165, 1.54) is 11.0 Å². The minimum atomic E-state index is -0.453. The van der Waals surface area contributed by atoms with E-state index in [-0.39, 0.29) is 25.6 Å². The Morgan fingerprint density at radius 2 is 1.78 bits per heavy atom. The molecule has 0 spiro atoms. The third kappa shape index (κ3) is 8.81. The molecule has 0 saturated carbocycles. The van der Waals surface area contributed by atoms with Crippen LogP contribution in [0.25, 0.3) is 6.08 Å². The third-order valence-corrected chi connectivity index (χ3v) is 4.63. The van der Waals surface area contributed by atoms with E-state index in [4.69, 9.17) is 15.2 Å². The number of carbonyl (C=O) groups excluding carboxylic acids is 2. The van der Waals surface area contributed by atoms with Crippen molar-refractivity contribution in [2.75, 3.05) is 46.1 Å². The van der Waals surface area contributed by atoms with Crippen LogP contribution in [0.2, 0.25) is 0 Å². The highest BCUT2D eigenvalue weighted by atomic mass is 16.5. The zero-order valence-corrected chi connectivity index (χ0v) is 19.1. The number of ether oxygens (including phenoxy) is 2. The van der Waals surface area contributed by atoms with Gasteiger partial charge in [0.1, 0.15) is 12.3 Å². The third-order valence-electron chi connectivity index (χ3n) is 4.63. The van der Waals surface area contributed by atoms with Crippen LogP contribution >= 0.6 is 0 Å². The van der Waals surface area contributed by atoms with Crippen LogP contribution in [0, 0.1) is 0 Å². The number of anilines is 1. The largest absolute Gasteiger partial charge is 0.493 e. The first-order valence-electron chi connectivity index (χ1n) is 10.7. The van der Waals surface area contributed by atoms with Gasteiger partial charge < -0.3 is 25.0 Å². The second-order valence-corrected chi connectivity index (χ2v) is 7.61. The molecule has 0 heterocycles. The van der Waals surface area contributed by atoms with Crippen LogP contribution in [-0.2, 0) is 20.9 Å². The van der Waals surface area contributed by atoms with Gasteiger partial charge in [-0.3, -0.25) is 9.59 Å². The smallest absolute Gasteiger partial charge is 0.325 e. The maximum atomic E-state index is 12.9. The molecule has 7 heteroatoms. The number of benzene rings is 2. The summed E-state index contributed by atoms with van der Waals surface area (Å²) in [7, 11) is 4.04. The Morgan fingerprint density at radius 3 is 2.47 bits per heavy atom. The summed E-state index contributed by atoms with van der Waals surface area (Å²) in [5.41, 5.74) is 8.03. The van der Waals surface area contributed by atoms with Gasteiger partial charge in [0.05, 0.1) is 19.8 Å². The molecule has 2 aromatic carbocycles. The molecule has 0 aliphatic rings. The summed E-state index contributed by atoms with van der Waals surface area (Å²) in [5, 5.41) is 0. The van der Waals surface area contributed by atoms with E-state index in [2.05, 4.69) is 4.90 Å². The average Bonchev–Trinajstić information content (AvgIpc) is 2.76. The SMILES string of the molecule is CCOC(=O)CN(Cc1ccccc1OCCCN(C)C)C(=O)C=Cc1ccc(N)cc1. The number of rotatable bonds is 12. The lowest BCUT2D eigenvalue weighted by molar-refractivity contribution is -0.148. The van der Waals surface area contributed by atoms with Gasteiger partial charge in [0.25, 0.3) is 0 Å². The van der Waals surface area contributed by atoms with Gasteiger partial charge in [-0.25, -0.2) is 0 Å². The van der Waals surface area contributed by atoms with Crippen molar-refractivity contribution < 1.29 is 19.1 Å². The summed E-state index contributed by atoms with van der Waals surface area (Å²) >= 11 is 0. The van der Waals surface area contributed by atoms with Crippen LogP contribution in [0.4, 0.5) is 5.69 Å². The predicted molar refractivity (Wildman–Crippen MR) is 127 cm³/mol. The zero-order chi connectivity index (χ0) is 23.3. The number of hydrogen-bond acceptors (Lipinski definition) is 6. The van der Waals surface area contributed by atoms with Crippen molar-refractivity contribution in [1.82, 2.24) is 9.80 Å².